The lowest BCUT2D eigenvalue weighted by molar-refractivity contribution is 0.0948. The lowest BCUT2D eigenvalue weighted by atomic mass is 10.2. The second-order valence-electron chi connectivity index (χ2n) is 4.49. The smallest absolute Gasteiger partial charge is 0.255 e. The molecule has 0 atom stereocenters. The van der Waals surface area contributed by atoms with Crippen LogP contribution in [0.4, 0.5) is 0 Å². The molecule has 2 rings (SSSR count). The van der Waals surface area contributed by atoms with Gasteiger partial charge in [-0.15, -0.1) is 0 Å². The molecule has 2 aromatic rings. The Morgan fingerprint density at radius 1 is 1.42 bits per heavy atom. The topological polar surface area (TPSA) is 64.7 Å². The number of rotatable bonds is 4. The van der Waals surface area contributed by atoms with Crippen molar-refractivity contribution in [1.29, 1.82) is 0 Å². The van der Waals surface area contributed by atoms with Crippen molar-refractivity contribution >= 4 is 5.91 Å². The number of carbonyl (C=O) groups is 1. The highest BCUT2D eigenvalue weighted by Crippen LogP contribution is 2.11. The number of nitrogens with zero attached hydrogens (tertiary/aromatic N) is 4. The molecule has 1 N–H and O–H groups in total. The Hall–Kier alpha value is -2.11. The summed E-state index contributed by atoms with van der Waals surface area (Å²) in [6, 6.07) is 1.91. The number of nitrogens with one attached hydrogen (secondary N) is 1. The van der Waals surface area contributed by atoms with Crippen LogP contribution in [0.5, 0.6) is 0 Å². The van der Waals surface area contributed by atoms with Gasteiger partial charge in [0.2, 0.25) is 0 Å². The zero-order valence-corrected chi connectivity index (χ0v) is 11.8. The Morgan fingerprint density at radius 3 is 2.74 bits per heavy atom. The summed E-state index contributed by atoms with van der Waals surface area (Å²) in [7, 11) is 1.84. The first-order valence-electron chi connectivity index (χ1n) is 6.33. The number of amides is 1. The van der Waals surface area contributed by atoms with E-state index in [4.69, 9.17) is 0 Å². The van der Waals surface area contributed by atoms with Gasteiger partial charge in [0.1, 0.15) is 0 Å². The predicted molar refractivity (Wildman–Crippen MR) is 71.8 cm³/mol. The molecular weight excluding hydrogens is 242 g/mol. The highest BCUT2D eigenvalue weighted by atomic mass is 16.1. The summed E-state index contributed by atoms with van der Waals surface area (Å²) in [5.74, 6) is -0.0908. The fourth-order valence-corrected chi connectivity index (χ4v) is 2.16. The van der Waals surface area contributed by atoms with Crippen LogP contribution >= 0.6 is 0 Å². The van der Waals surface area contributed by atoms with Gasteiger partial charge in [-0.25, -0.2) is 0 Å². The first-order chi connectivity index (χ1) is 9.04. The zero-order chi connectivity index (χ0) is 14.0. The number of aromatic nitrogens is 4. The minimum absolute atomic E-state index is 0.0908. The summed E-state index contributed by atoms with van der Waals surface area (Å²) < 4.78 is 3.59. The van der Waals surface area contributed by atoms with Crippen LogP contribution in [0.25, 0.3) is 0 Å². The molecule has 0 radical (unpaired) electrons. The van der Waals surface area contributed by atoms with Crippen LogP contribution in [0.1, 0.15) is 34.4 Å². The van der Waals surface area contributed by atoms with E-state index < -0.39 is 0 Å². The lowest BCUT2D eigenvalue weighted by Gasteiger charge is -2.07. The monoisotopic (exact) mass is 261 g/mol. The molecule has 6 heteroatoms. The summed E-state index contributed by atoms with van der Waals surface area (Å²) in [6.07, 6.45) is 1.74. The average molecular weight is 261 g/mol. The van der Waals surface area contributed by atoms with E-state index in [9.17, 15) is 4.79 Å². The molecular formula is C13H19N5O. The number of aryl methyl sites for hydroxylation is 3. The molecule has 0 fully saturated rings. The van der Waals surface area contributed by atoms with Gasteiger partial charge in [-0.1, -0.05) is 0 Å². The van der Waals surface area contributed by atoms with E-state index in [1.807, 2.05) is 38.6 Å². The van der Waals surface area contributed by atoms with Crippen molar-refractivity contribution < 1.29 is 4.79 Å². The van der Waals surface area contributed by atoms with Gasteiger partial charge in [0.25, 0.3) is 5.91 Å². The Kier molecular flexibility index (Phi) is 3.69. The second kappa shape index (κ2) is 5.26. The van der Waals surface area contributed by atoms with E-state index in [1.54, 1.807) is 10.9 Å². The van der Waals surface area contributed by atoms with Gasteiger partial charge in [-0.05, 0) is 26.8 Å². The minimum Gasteiger partial charge on any atom is -0.346 e. The van der Waals surface area contributed by atoms with Gasteiger partial charge < -0.3 is 5.32 Å². The summed E-state index contributed by atoms with van der Waals surface area (Å²) in [5.41, 5.74) is 3.28. The fourth-order valence-electron chi connectivity index (χ4n) is 2.16. The maximum absolute atomic E-state index is 12.2. The molecule has 0 unspecified atom stereocenters. The van der Waals surface area contributed by atoms with Crippen molar-refractivity contribution in [2.75, 3.05) is 0 Å². The van der Waals surface area contributed by atoms with Gasteiger partial charge in [0, 0.05) is 25.5 Å². The van der Waals surface area contributed by atoms with Gasteiger partial charge in [0.05, 0.1) is 23.5 Å². The standard InChI is InChI=1S/C13H19N5O/c1-5-18-11(6-7-15-18)8-14-13(19)12-9(2)16-17(4)10(12)3/h6-7H,5,8H2,1-4H3,(H,14,19). The summed E-state index contributed by atoms with van der Waals surface area (Å²) in [4.78, 5) is 12.2. The predicted octanol–water partition coefficient (Wildman–Crippen LogP) is 1.18. The molecule has 0 aliphatic rings. The Morgan fingerprint density at radius 2 is 2.16 bits per heavy atom. The van der Waals surface area contributed by atoms with Crippen LogP contribution in [-0.2, 0) is 20.1 Å². The molecule has 19 heavy (non-hydrogen) atoms. The molecule has 0 saturated carbocycles. The Bertz CT molecular complexity index is 596. The molecule has 6 nitrogen and oxygen atoms in total. The summed E-state index contributed by atoms with van der Waals surface area (Å²) in [5, 5.41) is 11.3. The van der Waals surface area contributed by atoms with Gasteiger partial charge >= 0.3 is 0 Å². The lowest BCUT2D eigenvalue weighted by Crippen LogP contribution is -2.25. The number of hydrogen-bond acceptors (Lipinski definition) is 3. The quantitative estimate of drug-likeness (QED) is 0.899. The van der Waals surface area contributed by atoms with E-state index in [-0.39, 0.29) is 5.91 Å². The first-order valence-corrected chi connectivity index (χ1v) is 6.33. The highest BCUT2D eigenvalue weighted by molar-refractivity contribution is 5.96. The molecule has 2 heterocycles. The molecule has 0 aliphatic carbocycles. The van der Waals surface area contributed by atoms with Crippen molar-refractivity contribution in [3.8, 4) is 0 Å². The van der Waals surface area contributed by atoms with Crippen molar-refractivity contribution in [2.24, 2.45) is 7.05 Å². The van der Waals surface area contributed by atoms with E-state index in [1.165, 1.54) is 0 Å². The molecule has 1 amide bonds. The third-order valence-corrected chi connectivity index (χ3v) is 3.27. The molecule has 0 aliphatic heterocycles. The van der Waals surface area contributed by atoms with Crippen LogP contribution in [0.15, 0.2) is 12.3 Å². The third kappa shape index (κ3) is 2.52. The SMILES string of the molecule is CCn1nccc1CNC(=O)c1c(C)nn(C)c1C. The highest BCUT2D eigenvalue weighted by Gasteiger charge is 2.17. The molecule has 0 bridgehead atoms. The second-order valence-corrected chi connectivity index (χ2v) is 4.49. The van der Waals surface area contributed by atoms with Crippen LogP contribution < -0.4 is 5.32 Å². The Labute approximate surface area is 112 Å². The number of carbonyl (C=O) groups excluding carboxylic acids is 1. The van der Waals surface area contributed by atoms with Gasteiger partial charge in [0.15, 0.2) is 0 Å². The Balaban J connectivity index is 2.10. The van der Waals surface area contributed by atoms with E-state index >= 15 is 0 Å². The zero-order valence-electron chi connectivity index (χ0n) is 11.8. The van der Waals surface area contributed by atoms with Crippen LogP contribution in [0.3, 0.4) is 0 Å². The normalized spacial score (nSPS) is 10.7. The maximum atomic E-state index is 12.2. The number of hydrogen-bond donors (Lipinski definition) is 1. The molecule has 0 saturated heterocycles. The molecule has 2 aromatic heterocycles. The molecule has 0 spiro atoms. The van der Waals surface area contributed by atoms with Crippen molar-refractivity contribution in [3.63, 3.8) is 0 Å². The molecule has 102 valence electrons. The van der Waals surface area contributed by atoms with Crippen LogP contribution in [0, 0.1) is 13.8 Å². The van der Waals surface area contributed by atoms with E-state index in [0.717, 1.165) is 23.6 Å². The summed E-state index contributed by atoms with van der Waals surface area (Å²) >= 11 is 0. The van der Waals surface area contributed by atoms with Crippen LogP contribution in [-0.4, -0.2) is 25.5 Å². The third-order valence-electron chi connectivity index (χ3n) is 3.27. The average Bonchev–Trinajstić information content (AvgIpc) is 2.92. The minimum atomic E-state index is -0.0908. The van der Waals surface area contributed by atoms with E-state index in [0.29, 0.717) is 12.1 Å². The van der Waals surface area contributed by atoms with Gasteiger partial charge in [-0.3, -0.25) is 14.2 Å². The van der Waals surface area contributed by atoms with Crippen LogP contribution in [0.2, 0.25) is 0 Å². The van der Waals surface area contributed by atoms with E-state index in [2.05, 4.69) is 15.5 Å². The largest absolute Gasteiger partial charge is 0.346 e. The first kappa shape index (κ1) is 13.3. The fraction of sp³-hybridized carbons (Fsp3) is 0.462. The van der Waals surface area contributed by atoms with Crippen molar-refractivity contribution in [2.45, 2.75) is 33.9 Å². The maximum Gasteiger partial charge on any atom is 0.255 e. The molecule has 0 aromatic carbocycles. The van der Waals surface area contributed by atoms with Crippen molar-refractivity contribution in [3.05, 3.63) is 34.9 Å². The summed E-state index contributed by atoms with van der Waals surface area (Å²) in [6.45, 7) is 7.03. The van der Waals surface area contributed by atoms with Gasteiger partial charge in [-0.2, -0.15) is 10.2 Å². The van der Waals surface area contributed by atoms with Crippen molar-refractivity contribution in [1.82, 2.24) is 24.9 Å².